The Bertz CT molecular complexity index is 742. The normalized spacial score (nSPS) is 18.1. The third-order valence-corrected chi connectivity index (χ3v) is 5.75. The third-order valence-electron chi connectivity index (χ3n) is 4.24. The Balaban J connectivity index is 1.28. The summed E-state index contributed by atoms with van der Waals surface area (Å²) in [5.74, 6) is 0.754. The van der Waals surface area contributed by atoms with Gasteiger partial charge in [-0.15, -0.1) is 11.8 Å². The third kappa shape index (κ3) is 6.62. The van der Waals surface area contributed by atoms with E-state index in [2.05, 4.69) is 10.6 Å². The molecule has 0 saturated heterocycles. The predicted molar refractivity (Wildman–Crippen MR) is 112 cm³/mol. The van der Waals surface area contributed by atoms with Crippen LogP contribution in [0.4, 0.5) is 0 Å². The second-order valence-electron chi connectivity index (χ2n) is 6.49. The van der Waals surface area contributed by atoms with Crippen LogP contribution >= 0.6 is 35.0 Å². The van der Waals surface area contributed by atoms with E-state index in [1.807, 2.05) is 12.1 Å². The van der Waals surface area contributed by atoms with Gasteiger partial charge in [-0.3, -0.25) is 9.59 Å². The molecule has 1 aliphatic carbocycles. The lowest BCUT2D eigenvalue weighted by atomic mass is 9.86. The fourth-order valence-corrected chi connectivity index (χ4v) is 3.71. The Hall–Kier alpha value is -1.89. The van der Waals surface area contributed by atoms with Crippen molar-refractivity contribution in [3.8, 4) is 5.75 Å². The van der Waals surface area contributed by atoms with Crippen molar-refractivity contribution in [2.24, 2.45) is 0 Å². The van der Waals surface area contributed by atoms with Gasteiger partial charge >= 0.3 is 0 Å². The van der Waals surface area contributed by atoms with Crippen LogP contribution in [-0.2, 0) is 9.59 Å². The maximum atomic E-state index is 12.0. The Morgan fingerprint density at radius 2 is 1.43 bits per heavy atom. The first-order chi connectivity index (χ1) is 13.5. The molecule has 2 amide bonds. The van der Waals surface area contributed by atoms with Gasteiger partial charge in [0.25, 0.3) is 5.91 Å². The molecule has 0 atom stereocenters. The Morgan fingerprint density at radius 3 is 2.04 bits per heavy atom. The van der Waals surface area contributed by atoms with E-state index in [-0.39, 0.29) is 30.5 Å². The number of amides is 2. The van der Waals surface area contributed by atoms with E-state index in [1.54, 1.807) is 36.4 Å². The van der Waals surface area contributed by atoms with Crippen molar-refractivity contribution in [2.45, 2.75) is 29.8 Å². The average Bonchev–Trinajstić information content (AvgIpc) is 2.65. The van der Waals surface area contributed by atoms with Crippen LogP contribution in [0, 0.1) is 0 Å². The average molecular weight is 439 g/mol. The second-order valence-corrected chi connectivity index (χ2v) is 8.41. The molecule has 148 valence electrons. The van der Waals surface area contributed by atoms with Crippen LogP contribution in [0.1, 0.15) is 12.8 Å². The molecule has 0 spiro atoms. The van der Waals surface area contributed by atoms with E-state index in [9.17, 15) is 9.59 Å². The summed E-state index contributed by atoms with van der Waals surface area (Å²) in [7, 11) is 0. The largest absolute Gasteiger partial charge is 0.484 e. The monoisotopic (exact) mass is 438 g/mol. The van der Waals surface area contributed by atoms with Gasteiger partial charge in [0, 0.05) is 27.0 Å². The number of carbonyl (C=O) groups excluding carboxylic acids is 2. The van der Waals surface area contributed by atoms with E-state index in [1.165, 1.54) is 11.8 Å². The molecule has 2 aromatic carbocycles. The Labute approximate surface area is 178 Å². The van der Waals surface area contributed by atoms with Gasteiger partial charge in [0.05, 0.1) is 5.75 Å². The zero-order chi connectivity index (χ0) is 19.9. The molecule has 8 heteroatoms. The van der Waals surface area contributed by atoms with Crippen LogP contribution in [0.15, 0.2) is 53.4 Å². The highest BCUT2D eigenvalue weighted by Gasteiger charge is 2.31. The zero-order valence-corrected chi connectivity index (χ0v) is 17.3. The lowest BCUT2D eigenvalue weighted by Gasteiger charge is -2.36. The molecule has 2 aromatic rings. The molecule has 1 fully saturated rings. The topological polar surface area (TPSA) is 67.4 Å². The summed E-state index contributed by atoms with van der Waals surface area (Å²) >= 11 is 13.1. The van der Waals surface area contributed by atoms with Gasteiger partial charge in [-0.05, 0) is 61.4 Å². The predicted octanol–water partition coefficient (Wildman–Crippen LogP) is 3.93. The molecule has 3 rings (SSSR count). The van der Waals surface area contributed by atoms with Crippen LogP contribution in [0.3, 0.4) is 0 Å². The molecular formula is C20H20Cl2N2O3S. The number of nitrogens with one attached hydrogen (secondary N) is 2. The van der Waals surface area contributed by atoms with Gasteiger partial charge in [0.2, 0.25) is 5.91 Å². The van der Waals surface area contributed by atoms with Crippen molar-refractivity contribution < 1.29 is 14.3 Å². The van der Waals surface area contributed by atoms with Gasteiger partial charge in [0.15, 0.2) is 6.61 Å². The number of halogens is 2. The van der Waals surface area contributed by atoms with Crippen molar-refractivity contribution in [1.82, 2.24) is 10.6 Å². The van der Waals surface area contributed by atoms with E-state index in [0.717, 1.165) is 17.7 Å². The van der Waals surface area contributed by atoms with E-state index in [0.29, 0.717) is 21.5 Å². The van der Waals surface area contributed by atoms with Crippen LogP contribution in [-0.4, -0.2) is 36.3 Å². The molecule has 0 aromatic heterocycles. The van der Waals surface area contributed by atoms with Crippen molar-refractivity contribution in [1.29, 1.82) is 0 Å². The summed E-state index contributed by atoms with van der Waals surface area (Å²) in [4.78, 5) is 25.0. The molecule has 0 radical (unpaired) electrons. The molecule has 28 heavy (non-hydrogen) atoms. The van der Waals surface area contributed by atoms with Gasteiger partial charge in [0.1, 0.15) is 5.75 Å². The van der Waals surface area contributed by atoms with Crippen LogP contribution in [0.2, 0.25) is 10.0 Å². The highest BCUT2D eigenvalue weighted by molar-refractivity contribution is 8.00. The minimum Gasteiger partial charge on any atom is -0.484 e. The minimum atomic E-state index is -0.178. The summed E-state index contributed by atoms with van der Waals surface area (Å²) < 4.78 is 5.41. The van der Waals surface area contributed by atoms with E-state index < -0.39 is 0 Å². The summed E-state index contributed by atoms with van der Waals surface area (Å²) in [6.07, 6.45) is 1.45. The molecule has 1 saturated carbocycles. The lowest BCUT2D eigenvalue weighted by Crippen LogP contribution is -2.54. The van der Waals surface area contributed by atoms with Gasteiger partial charge in [-0.1, -0.05) is 23.2 Å². The van der Waals surface area contributed by atoms with E-state index >= 15 is 0 Å². The number of carbonyl (C=O) groups is 2. The quantitative estimate of drug-likeness (QED) is 0.612. The molecule has 5 nitrogen and oxygen atoms in total. The Kier molecular flexibility index (Phi) is 7.48. The highest BCUT2D eigenvalue weighted by atomic mass is 35.5. The van der Waals surface area contributed by atoms with Crippen molar-refractivity contribution >= 4 is 46.8 Å². The fourth-order valence-electron chi connectivity index (χ4n) is 2.75. The first kappa shape index (κ1) is 20.8. The first-order valence-corrected chi connectivity index (χ1v) is 10.6. The fraction of sp³-hybridized carbons (Fsp3) is 0.300. The number of hydrogen-bond acceptors (Lipinski definition) is 4. The van der Waals surface area contributed by atoms with Crippen LogP contribution in [0.25, 0.3) is 0 Å². The number of ether oxygens (including phenoxy) is 1. The van der Waals surface area contributed by atoms with Gasteiger partial charge in [-0.2, -0.15) is 0 Å². The highest BCUT2D eigenvalue weighted by Crippen LogP contribution is 2.22. The summed E-state index contributed by atoms with van der Waals surface area (Å²) in [5, 5.41) is 7.18. The minimum absolute atomic E-state index is 0.0131. The first-order valence-electron chi connectivity index (χ1n) is 8.83. The van der Waals surface area contributed by atoms with Crippen LogP contribution < -0.4 is 15.4 Å². The SMILES string of the molecule is O=C(COc1ccc(Cl)cc1)N[C@H]1C[C@H](NC(=O)CSc2ccc(Cl)cc2)C1. The second kappa shape index (κ2) is 10.0. The maximum Gasteiger partial charge on any atom is 0.258 e. The number of hydrogen-bond donors (Lipinski definition) is 2. The number of benzene rings is 2. The van der Waals surface area contributed by atoms with Crippen molar-refractivity contribution in [3.63, 3.8) is 0 Å². The van der Waals surface area contributed by atoms with E-state index in [4.69, 9.17) is 27.9 Å². The molecule has 0 aliphatic heterocycles. The van der Waals surface area contributed by atoms with Crippen molar-refractivity contribution in [3.05, 3.63) is 58.6 Å². The van der Waals surface area contributed by atoms with Crippen LogP contribution in [0.5, 0.6) is 5.75 Å². The molecule has 0 unspecified atom stereocenters. The molecule has 1 aliphatic rings. The standard InChI is InChI=1S/C20H20Cl2N2O3S/c21-13-1-5-17(6-2-13)27-11-19(25)23-15-9-16(10-15)24-20(26)12-28-18-7-3-14(22)4-8-18/h1-8,15-16H,9-12H2,(H,23,25)(H,24,26)/t15-,16-. The number of thioether (sulfide) groups is 1. The maximum absolute atomic E-state index is 12.0. The summed E-state index contributed by atoms with van der Waals surface area (Å²) in [6.45, 7) is -0.0487. The Morgan fingerprint density at radius 1 is 0.893 bits per heavy atom. The molecule has 0 heterocycles. The van der Waals surface area contributed by atoms with Crippen molar-refractivity contribution in [2.75, 3.05) is 12.4 Å². The summed E-state index contributed by atoms with van der Waals surface area (Å²) in [6, 6.07) is 14.4. The van der Waals surface area contributed by atoms with Gasteiger partial charge < -0.3 is 15.4 Å². The van der Waals surface area contributed by atoms with Gasteiger partial charge in [-0.25, -0.2) is 0 Å². The number of rotatable bonds is 8. The smallest absolute Gasteiger partial charge is 0.258 e. The molecule has 2 N–H and O–H groups in total. The lowest BCUT2D eigenvalue weighted by molar-refractivity contribution is -0.124. The molecular weight excluding hydrogens is 419 g/mol. The zero-order valence-electron chi connectivity index (χ0n) is 15.0. The summed E-state index contributed by atoms with van der Waals surface area (Å²) in [5.41, 5.74) is 0. The molecule has 0 bridgehead atoms.